The molecule has 2 aliphatic rings. The zero-order chi connectivity index (χ0) is 18.6. The molecule has 0 aromatic heterocycles. The standard InChI is InChI=1S/C23H30N2O2/c1-18-6-2-5-9-22(18)24-12-14-25(15-13-24)23(26)17-27-21-11-10-19-7-3-4-8-20(19)16-21/h3-4,7-8,10-11,16,18,22H,2,5-6,9,12-15,17H2,1H3/p+1/t18-,22-/m1/s1. The minimum Gasteiger partial charge on any atom is -0.484 e. The first-order chi connectivity index (χ1) is 13.2. The van der Waals surface area contributed by atoms with E-state index in [9.17, 15) is 4.79 Å². The molecule has 144 valence electrons. The van der Waals surface area contributed by atoms with Crippen LogP contribution in [0.5, 0.6) is 5.75 Å². The van der Waals surface area contributed by atoms with Crippen molar-refractivity contribution in [3.63, 3.8) is 0 Å². The van der Waals surface area contributed by atoms with Crippen molar-refractivity contribution < 1.29 is 14.4 Å². The Balaban J connectivity index is 1.27. The van der Waals surface area contributed by atoms with Gasteiger partial charge in [-0.15, -0.1) is 0 Å². The summed E-state index contributed by atoms with van der Waals surface area (Å²) >= 11 is 0. The van der Waals surface area contributed by atoms with E-state index in [0.717, 1.165) is 49.3 Å². The number of carbonyl (C=O) groups excluding carboxylic acids is 1. The number of benzene rings is 2. The van der Waals surface area contributed by atoms with Crippen molar-refractivity contribution in [3.05, 3.63) is 42.5 Å². The molecule has 0 bridgehead atoms. The van der Waals surface area contributed by atoms with E-state index in [1.807, 2.05) is 35.2 Å². The summed E-state index contributed by atoms with van der Waals surface area (Å²) in [5.41, 5.74) is 0. The number of hydrogen-bond donors (Lipinski definition) is 1. The van der Waals surface area contributed by atoms with Crippen LogP contribution >= 0.6 is 0 Å². The fourth-order valence-electron chi connectivity index (χ4n) is 4.83. The summed E-state index contributed by atoms with van der Waals surface area (Å²) < 4.78 is 5.79. The molecule has 1 N–H and O–H groups in total. The van der Waals surface area contributed by atoms with Crippen molar-refractivity contribution >= 4 is 16.7 Å². The molecule has 2 fully saturated rings. The Kier molecular flexibility index (Phi) is 5.63. The minimum atomic E-state index is 0.110. The molecule has 0 spiro atoms. The van der Waals surface area contributed by atoms with Crippen molar-refractivity contribution in [1.29, 1.82) is 0 Å². The summed E-state index contributed by atoms with van der Waals surface area (Å²) in [6.45, 7) is 6.42. The molecule has 4 nitrogen and oxygen atoms in total. The Morgan fingerprint density at radius 3 is 2.59 bits per heavy atom. The van der Waals surface area contributed by atoms with Crippen molar-refractivity contribution in [1.82, 2.24) is 4.90 Å². The van der Waals surface area contributed by atoms with Gasteiger partial charge in [0.15, 0.2) is 6.61 Å². The molecule has 0 radical (unpaired) electrons. The van der Waals surface area contributed by atoms with Gasteiger partial charge in [-0.3, -0.25) is 4.79 Å². The Morgan fingerprint density at radius 2 is 1.81 bits per heavy atom. The van der Waals surface area contributed by atoms with E-state index < -0.39 is 0 Å². The minimum absolute atomic E-state index is 0.110. The van der Waals surface area contributed by atoms with Gasteiger partial charge in [-0.05, 0) is 42.2 Å². The van der Waals surface area contributed by atoms with E-state index >= 15 is 0 Å². The highest BCUT2D eigenvalue weighted by Gasteiger charge is 2.33. The van der Waals surface area contributed by atoms with Crippen molar-refractivity contribution in [2.75, 3.05) is 32.8 Å². The third-order valence-electron chi connectivity index (χ3n) is 6.48. The van der Waals surface area contributed by atoms with Crippen LogP contribution in [0.2, 0.25) is 0 Å². The van der Waals surface area contributed by atoms with Gasteiger partial charge in [-0.25, -0.2) is 0 Å². The number of hydrogen-bond acceptors (Lipinski definition) is 2. The lowest BCUT2D eigenvalue weighted by molar-refractivity contribution is -0.934. The number of rotatable bonds is 4. The van der Waals surface area contributed by atoms with Gasteiger partial charge >= 0.3 is 0 Å². The van der Waals surface area contributed by atoms with Crippen LogP contribution in [-0.2, 0) is 4.79 Å². The van der Waals surface area contributed by atoms with Gasteiger partial charge in [0, 0.05) is 5.92 Å². The highest BCUT2D eigenvalue weighted by atomic mass is 16.5. The average molecular weight is 368 g/mol. The second-order valence-corrected chi connectivity index (χ2v) is 8.20. The van der Waals surface area contributed by atoms with Crippen LogP contribution in [0.4, 0.5) is 0 Å². The number of amides is 1. The van der Waals surface area contributed by atoms with Crippen LogP contribution in [0, 0.1) is 5.92 Å². The molecule has 27 heavy (non-hydrogen) atoms. The molecule has 1 saturated carbocycles. The SMILES string of the molecule is C[C@@H]1CCCC[C@H]1[NH+]1CCN(C(=O)COc2ccc3ccccc3c2)CC1. The number of nitrogens with one attached hydrogen (secondary N) is 1. The lowest BCUT2D eigenvalue weighted by atomic mass is 9.84. The Labute approximate surface area is 162 Å². The third kappa shape index (κ3) is 4.27. The van der Waals surface area contributed by atoms with Crippen LogP contribution in [0.1, 0.15) is 32.6 Å². The number of fused-ring (bicyclic) bond motifs is 1. The molecule has 0 unspecified atom stereocenters. The highest BCUT2D eigenvalue weighted by molar-refractivity contribution is 5.84. The zero-order valence-electron chi connectivity index (χ0n) is 16.3. The second-order valence-electron chi connectivity index (χ2n) is 8.20. The summed E-state index contributed by atoms with van der Waals surface area (Å²) in [7, 11) is 0. The molecule has 4 heteroatoms. The van der Waals surface area contributed by atoms with Crippen molar-refractivity contribution in [3.8, 4) is 5.75 Å². The van der Waals surface area contributed by atoms with Gasteiger partial charge in [0.05, 0.1) is 32.2 Å². The number of ether oxygens (including phenoxy) is 1. The van der Waals surface area contributed by atoms with E-state index in [2.05, 4.69) is 19.1 Å². The zero-order valence-corrected chi connectivity index (χ0v) is 16.3. The van der Waals surface area contributed by atoms with E-state index in [1.165, 1.54) is 31.1 Å². The first-order valence-electron chi connectivity index (χ1n) is 10.4. The average Bonchev–Trinajstić information content (AvgIpc) is 2.72. The number of nitrogens with zero attached hydrogens (tertiary/aromatic N) is 1. The van der Waals surface area contributed by atoms with Crippen molar-refractivity contribution in [2.24, 2.45) is 5.92 Å². The normalized spacial score (nSPS) is 24.1. The molecular formula is C23H31N2O2+. The molecular weight excluding hydrogens is 336 g/mol. The summed E-state index contributed by atoms with van der Waals surface area (Å²) in [5, 5.41) is 2.33. The van der Waals surface area contributed by atoms with E-state index in [1.54, 1.807) is 4.90 Å². The summed E-state index contributed by atoms with van der Waals surface area (Å²) in [6, 6.07) is 15.0. The van der Waals surface area contributed by atoms with E-state index in [4.69, 9.17) is 4.74 Å². The fraction of sp³-hybridized carbons (Fsp3) is 0.522. The number of carbonyl (C=O) groups is 1. The van der Waals surface area contributed by atoms with Crippen molar-refractivity contribution in [2.45, 2.75) is 38.6 Å². The summed E-state index contributed by atoms with van der Waals surface area (Å²) in [5.74, 6) is 1.70. The molecule has 1 amide bonds. The van der Waals surface area contributed by atoms with Crippen LogP contribution < -0.4 is 9.64 Å². The van der Waals surface area contributed by atoms with Crippen LogP contribution in [0.15, 0.2) is 42.5 Å². The maximum Gasteiger partial charge on any atom is 0.260 e. The lowest BCUT2D eigenvalue weighted by Gasteiger charge is -2.40. The van der Waals surface area contributed by atoms with Crippen LogP contribution in [0.25, 0.3) is 10.8 Å². The Hall–Kier alpha value is -2.07. The molecule has 4 rings (SSSR count). The van der Waals surface area contributed by atoms with Gasteiger partial charge in [-0.1, -0.05) is 43.7 Å². The van der Waals surface area contributed by atoms with Gasteiger partial charge in [0.2, 0.25) is 0 Å². The number of piperazine rings is 1. The molecule has 1 aliphatic heterocycles. The second kappa shape index (κ2) is 8.30. The van der Waals surface area contributed by atoms with Gasteiger partial charge < -0.3 is 14.5 Å². The smallest absolute Gasteiger partial charge is 0.260 e. The molecule has 2 atom stereocenters. The Bertz CT molecular complexity index is 783. The Morgan fingerprint density at radius 1 is 1.07 bits per heavy atom. The van der Waals surface area contributed by atoms with Crippen LogP contribution in [-0.4, -0.2) is 49.6 Å². The molecule has 2 aromatic rings. The maximum absolute atomic E-state index is 12.6. The fourth-order valence-corrected chi connectivity index (χ4v) is 4.83. The monoisotopic (exact) mass is 367 g/mol. The number of quaternary nitrogens is 1. The highest BCUT2D eigenvalue weighted by Crippen LogP contribution is 2.22. The van der Waals surface area contributed by atoms with E-state index in [0.29, 0.717) is 0 Å². The summed E-state index contributed by atoms with van der Waals surface area (Å²) in [4.78, 5) is 16.3. The third-order valence-corrected chi connectivity index (χ3v) is 6.48. The van der Waals surface area contributed by atoms with Crippen LogP contribution in [0.3, 0.4) is 0 Å². The predicted octanol–water partition coefficient (Wildman–Crippen LogP) is 2.52. The quantitative estimate of drug-likeness (QED) is 0.901. The first kappa shape index (κ1) is 18.3. The lowest BCUT2D eigenvalue weighted by Crippen LogP contribution is -3.19. The van der Waals surface area contributed by atoms with Gasteiger partial charge in [0.25, 0.3) is 5.91 Å². The summed E-state index contributed by atoms with van der Waals surface area (Å²) in [6.07, 6.45) is 5.49. The van der Waals surface area contributed by atoms with Gasteiger partial charge in [-0.2, -0.15) is 0 Å². The molecule has 1 heterocycles. The largest absolute Gasteiger partial charge is 0.484 e. The first-order valence-corrected chi connectivity index (χ1v) is 10.4. The maximum atomic E-state index is 12.6. The topological polar surface area (TPSA) is 34.0 Å². The molecule has 1 saturated heterocycles. The predicted molar refractivity (Wildman–Crippen MR) is 108 cm³/mol. The molecule has 1 aliphatic carbocycles. The van der Waals surface area contributed by atoms with E-state index in [-0.39, 0.29) is 12.5 Å². The van der Waals surface area contributed by atoms with Gasteiger partial charge in [0.1, 0.15) is 5.75 Å². The molecule has 2 aromatic carbocycles.